The Balaban J connectivity index is 2.00. The number of rotatable bonds is 5. The van der Waals surface area contributed by atoms with E-state index in [0.29, 0.717) is 22.5 Å². The van der Waals surface area contributed by atoms with Gasteiger partial charge in [0, 0.05) is 19.1 Å². The van der Waals surface area contributed by atoms with Crippen molar-refractivity contribution in [1.29, 1.82) is 0 Å². The Hall–Kier alpha value is -0.330. The summed E-state index contributed by atoms with van der Waals surface area (Å²) in [5.41, 5.74) is 1.13. The summed E-state index contributed by atoms with van der Waals surface area (Å²) in [5.74, 6) is 0.341. The van der Waals surface area contributed by atoms with Crippen LogP contribution in [0.15, 0.2) is 18.2 Å². The molecular formula is C15H22Cl2N2O2S. The fourth-order valence-electron chi connectivity index (χ4n) is 2.87. The summed E-state index contributed by atoms with van der Waals surface area (Å²) in [7, 11) is -3.12. The molecule has 0 aliphatic carbocycles. The molecule has 22 heavy (non-hydrogen) atoms. The Labute approximate surface area is 142 Å². The number of sulfonamides is 1. The Morgan fingerprint density at radius 3 is 2.73 bits per heavy atom. The molecule has 2 atom stereocenters. The molecule has 1 heterocycles. The van der Waals surface area contributed by atoms with Gasteiger partial charge in [-0.2, -0.15) is 0 Å². The van der Waals surface area contributed by atoms with Gasteiger partial charge in [0.25, 0.3) is 0 Å². The van der Waals surface area contributed by atoms with E-state index in [1.165, 1.54) is 6.26 Å². The maximum atomic E-state index is 11.2. The first-order chi connectivity index (χ1) is 10.3. The largest absolute Gasteiger partial charge is 0.296 e. The monoisotopic (exact) mass is 364 g/mol. The quantitative estimate of drug-likeness (QED) is 0.871. The lowest BCUT2D eigenvalue weighted by Crippen LogP contribution is -2.41. The van der Waals surface area contributed by atoms with Crippen LogP contribution in [0.25, 0.3) is 0 Å². The maximum Gasteiger partial charge on any atom is 0.208 e. The SMILES string of the molecule is C[C@@H](c1ccc(Cl)c(Cl)c1)N1CCC[C@@H](CNS(C)(=O)=O)C1. The van der Waals surface area contributed by atoms with E-state index in [4.69, 9.17) is 23.2 Å². The van der Waals surface area contributed by atoms with Crippen molar-refractivity contribution >= 4 is 33.2 Å². The van der Waals surface area contributed by atoms with Crippen LogP contribution in [0, 0.1) is 5.92 Å². The van der Waals surface area contributed by atoms with Crippen LogP contribution in [-0.4, -0.2) is 39.2 Å². The molecule has 0 radical (unpaired) electrons. The van der Waals surface area contributed by atoms with Gasteiger partial charge in [-0.15, -0.1) is 0 Å². The molecule has 1 saturated heterocycles. The van der Waals surface area contributed by atoms with E-state index < -0.39 is 10.0 Å². The average molecular weight is 365 g/mol. The summed E-state index contributed by atoms with van der Waals surface area (Å²) in [4.78, 5) is 2.37. The van der Waals surface area contributed by atoms with Crippen LogP contribution in [0.5, 0.6) is 0 Å². The first-order valence-corrected chi connectivity index (χ1v) is 10.0. The molecule has 0 bridgehead atoms. The summed E-state index contributed by atoms with van der Waals surface area (Å²) < 4.78 is 25.1. The number of nitrogens with zero attached hydrogens (tertiary/aromatic N) is 1. The van der Waals surface area contributed by atoms with Gasteiger partial charge in [-0.1, -0.05) is 29.3 Å². The summed E-state index contributed by atoms with van der Waals surface area (Å²) in [6, 6.07) is 5.96. The molecule has 0 unspecified atom stereocenters. The second-order valence-corrected chi connectivity index (χ2v) is 8.62. The van der Waals surface area contributed by atoms with Gasteiger partial charge in [0.2, 0.25) is 10.0 Å². The van der Waals surface area contributed by atoms with E-state index >= 15 is 0 Å². The number of likely N-dealkylation sites (tertiary alicyclic amines) is 1. The summed E-state index contributed by atoms with van der Waals surface area (Å²) in [6.07, 6.45) is 3.32. The number of hydrogen-bond acceptors (Lipinski definition) is 3. The summed E-state index contributed by atoms with van der Waals surface area (Å²) in [5, 5.41) is 1.13. The molecule has 1 aliphatic heterocycles. The predicted octanol–water partition coefficient (Wildman–Crippen LogP) is 3.32. The second-order valence-electron chi connectivity index (χ2n) is 5.97. The molecule has 7 heteroatoms. The van der Waals surface area contributed by atoms with Crippen molar-refractivity contribution in [2.24, 2.45) is 5.92 Å². The minimum Gasteiger partial charge on any atom is -0.296 e. The Morgan fingerprint density at radius 2 is 2.09 bits per heavy atom. The summed E-state index contributed by atoms with van der Waals surface area (Å²) in [6.45, 7) is 4.54. The number of halogens is 2. The molecule has 1 fully saturated rings. The van der Waals surface area contributed by atoms with E-state index in [9.17, 15) is 8.42 Å². The number of piperidine rings is 1. The number of hydrogen-bond donors (Lipinski definition) is 1. The fourth-order valence-corrected chi connectivity index (χ4v) is 3.71. The van der Waals surface area contributed by atoms with Gasteiger partial charge in [-0.3, -0.25) is 4.90 Å². The lowest BCUT2D eigenvalue weighted by molar-refractivity contribution is 0.133. The van der Waals surface area contributed by atoms with Crippen LogP contribution in [0.4, 0.5) is 0 Å². The third-order valence-electron chi connectivity index (χ3n) is 4.16. The maximum absolute atomic E-state index is 11.2. The molecule has 1 aromatic rings. The van der Waals surface area contributed by atoms with Gasteiger partial charge in [0.05, 0.1) is 16.3 Å². The lowest BCUT2D eigenvalue weighted by atomic mass is 9.95. The minimum absolute atomic E-state index is 0.232. The highest BCUT2D eigenvalue weighted by Crippen LogP contribution is 2.30. The van der Waals surface area contributed by atoms with E-state index in [1.807, 2.05) is 18.2 Å². The number of nitrogens with one attached hydrogen (secondary N) is 1. The van der Waals surface area contributed by atoms with E-state index in [2.05, 4.69) is 16.5 Å². The second kappa shape index (κ2) is 7.49. The Kier molecular flexibility index (Phi) is 6.14. The minimum atomic E-state index is -3.12. The zero-order valence-corrected chi connectivity index (χ0v) is 15.2. The van der Waals surface area contributed by atoms with Gasteiger partial charge in [0.15, 0.2) is 0 Å². The predicted molar refractivity (Wildman–Crippen MR) is 92.0 cm³/mol. The molecule has 1 aromatic carbocycles. The highest BCUT2D eigenvalue weighted by Gasteiger charge is 2.25. The van der Waals surface area contributed by atoms with Gasteiger partial charge >= 0.3 is 0 Å². The highest BCUT2D eigenvalue weighted by molar-refractivity contribution is 7.88. The van der Waals surface area contributed by atoms with Gasteiger partial charge in [-0.05, 0) is 49.9 Å². The van der Waals surface area contributed by atoms with E-state index in [0.717, 1.165) is 31.5 Å². The topological polar surface area (TPSA) is 49.4 Å². The van der Waals surface area contributed by atoms with Crippen LogP contribution in [-0.2, 0) is 10.0 Å². The molecule has 0 aromatic heterocycles. The molecule has 0 amide bonds. The molecule has 1 aliphatic rings. The Morgan fingerprint density at radius 1 is 1.36 bits per heavy atom. The highest BCUT2D eigenvalue weighted by atomic mass is 35.5. The lowest BCUT2D eigenvalue weighted by Gasteiger charge is -2.37. The van der Waals surface area contributed by atoms with Crippen molar-refractivity contribution in [2.75, 3.05) is 25.9 Å². The van der Waals surface area contributed by atoms with Crippen molar-refractivity contribution < 1.29 is 8.42 Å². The van der Waals surface area contributed by atoms with Crippen LogP contribution in [0.2, 0.25) is 10.0 Å². The van der Waals surface area contributed by atoms with Crippen LogP contribution < -0.4 is 4.72 Å². The molecular weight excluding hydrogens is 343 g/mol. The van der Waals surface area contributed by atoms with Crippen molar-refractivity contribution in [3.05, 3.63) is 33.8 Å². The summed E-state index contributed by atoms with van der Waals surface area (Å²) >= 11 is 12.1. The molecule has 0 saturated carbocycles. The number of benzene rings is 1. The molecule has 1 N–H and O–H groups in total. The normalized spacial score (nSPS) is 21.7. The van der Waals surface area contributed by atoms with Gasteiger partial charge in [0.1, 0.15) is 0 Å². The third-order valence-corrected chi connectivity index (χ3v) is 5.59. The van der Waals surface area contributed by atoms with Crippen LogP contribution in [0.1, 0.15) is 31.4 Å². The van der Waals surface area contributed by atoms with Gasteiger partial charge < -0.3 is 0 Å². The van der Waals surface area contributed by atoms with Crippen molar-refractivity contribution in [3.8, 4) is 0 Å². The zero-order chi connectivity index (χ0) is 16.3. The smallest absolute Gasteiger partial charge is 0.208 e. The first kappa shape index (κ1) is 18.0. The van der Waals surface area contributed by atoms with Crippen molar-refractivity contribution in [1.82, 2.24) is 9.62 Å². The third kappa shape index (κ3) is 5.10. The van der Waals surface area contributed by atoms with Crippen LogP contribution in [0.3, 0.4) is 0 Å². The van der Waals surface area contributed by atoms with E-state index in [-0.39, 0.29) is 6.04 Å². The van der Waals surface area contributed by atoms with Crippen molar-refractivity contribution in [3.63, 3.8) is 0 Å². The fraction of sp³-hybridized carbons (Fsp3) is 0.600. The van der Waals surface area contributed by atoms with Gasteiger partial charge in [-0.25, -0.2) is 13.1 Å². The van der Waals surface area contributed by atoms with E-state index in [1.54, 1.807) is 0 Å². The van der Waals surface area contributed by atoms with Crippen LogP contribution >= 0.6 is 23.2 Å². The standard InChI is InChI=1S/C15H22Cl2N2O2S/c1-11(13-5-6-14(16)15(17)8-13)19-7-3-4-12(10-19)9-18-22(2,20)21/h5-6,8,11-12,18H,3-4,7,9-10H2,1-2H3/t11-,12-/m0/s1. The Bertz CT molecular complexity index is 622. The molecule has 2 rings (SSSR count). The molecule has 0 spiro atoms. The molecule has 124 valence electrons. The zero-order valence-electron chi connectivity index (χ0n) is 12.9. The average Bonchev–Trinajstić information content (AvgIpc) is 2.47. The molecule has 4 nitrogen and oxygen atoms in total. The first-order valence-electron chi connectivity index (χ1n) is 7.40. The van der Waals surface area contributed by atoms with Crippen molar-refractivity contribution in [2.45, 2.75) is 25.8 Å².